The number of sulfonamides is 1. The molecule has 0 aromatic heterocycles. The van der Waals surface area contributed by atoms with Crippen LogP contribution in [0.2, 0.25) is 5.02 Å². The van der Waals surface area contributed by atoms with Crippen molar-refractivity contribution in [2.75, 3.05) is 26.3 Å². The molecule has 2 aromatic rings. The SMILES string of the molecule is O=C1C(N2CCOCC2)=CC(=NS(=O)(=O)c2ccc(Cl)cc2)c2ccccc21. The molecular formula is C20H17ClN2O4S. The van der Waals surface area contributed by atoms with E-state index in [0.717, 1.165) is 0 Å². The monoisotopic (exact) mass is 416 g/mol. The van der Waals surface area contributed by atoms with Crippen LogP contribution in [-0.2, 0) is 14.8 Å². The molecule has 0 unspecified atom stereocenters. The van der Waals surface area contributed by atoms with Crippen LogP contribution in [0, 0.1) is 0 Å². The summed E-state index contributed by atoms with van der Waals surface area (Å²) in [6.07, 6.45) is 1.56. The van der Waals surface area contributed by atoms with Crippen molar-refractivity contribution in [3.05, 3.63) is 76.5 Å². The molecule has 0 N–H and O–H groups in total. The van der Waals surface area contributed by atoms with Crippen molar-refractivity contribution in [1.82, 2.24) is 4.90 Å². The number of nitrogens with zero attached hydrogens (tertiary/aromatic N) is 2. The normalized spacial score (nSPS) is 18.8. The third kappa shape index (κ3) is 3.61. The average Bonchev–Trinajstić information content (AvgIpc) is 2.71. The van der Waals surface area contributed by atoms with Gasteiger partial charge in [-0.15, -0.1) is 0 Å². The average molecular weight is 417 g/mol. The minimum Gasteiger partial charge on any atom is -0.378 e. The number of Topliss-reactive ketones (excluding diaryl/α,β-unsaturated/α-hetero) is 1. The van der Waals surface area contributed by atoms with E-state index in [9.17, 15) is 13.2 Å². The molecule has 1 heterocycles. The zero-order valence-electron chi connectivity index (χ0n) is 14.8. The second-order valence-corrected chi connectivity index (χ2v) is 8.45. The Kier molecular flexibility index (Phi) is 5.05. The van der Waals surface area contributed by atoms with Gasteiger partial charge in [-0.2, -0.15) is 12.8 Å². The molecule has 28 heavy (non-hydrogen) atoms. The molecule has 1 saturated heterocycles. The highest BCUT2D eigenvalue weighted by Gasteiger charge is 2.29. The Hall–Kier alpha value is -2.48. The van der Waals surface area contributed by atoms with E-state index in [2.05, 4.69) is 4.40 Å². The summed E-state index contributed by atoms with van der Waals surface area (Å²) < 4.78 is 35.0. The van der Waals surface area contributed by atoms with E-state index in [0.29, 0.717) is 48.1 Å². The summed E-state index contributed by atoms with van der Waals surface area (Å²) in [6.45, 7) is 2.16. The third-order valence-electron chi connectivity index (χ3n) is 4.64. The summed E-state index contributed by atoms with van der Waals surface area (Å²) in [5.41, 5.74) is 1.62. The zero-order chi connectivity index (χ0) is 19.7. The smallest absolute Gasteiger partial charge is 0.282 e. The fraction of sp³-hybridized carbons (Fsp3) is 0.200. The van der Waals surface area contributed by atoms with E-state index in [4.69, 9.17) is 16.3 Å². The fourth-order valence-corrected chi connectivity index (χ4v) is 4.34. The number of ether oxygens (including phenoxy) is 1. The first-order valence-electron chi connectivity index (χ1n) is 8.75. The molecule has 1 aliphatic carbocycles. The Labute approximate surface area is 168 Å². The minimum atomic E-state index is -3.96. The molecule has 8 heteroatoms. The molecule has 0 amide bonds. The van der Waals surface area contributed by atoms with Crippen LogP contribution in [0.4, 0.5) is 0 Å². The van der Waals surface area contributed by atoms with Gasteiger partial charge in [0.05, 0.1) is 29.5 Å². The number of carbonyl (C=O) groups is 1. The van der Waals surface area contributed by atoms with E-state index in [1.807, 2.05) is 4.90 Å². The van der Waals surface area contributed by atoms with Gasteiger partial charge in [-0.05, 0) is 30.3 Å². The summed E-state index contributed by atoms with van der Waals surface area (Å²) in [4.78, 5) is 14.9. The summed E-state index contributed by atoms with van der Waals surface area (Å²) in [7, 11) is -3.96. The van der Waals surface area contributed by atoms with Gasteiger partial charge < -0.3 is 9.64 Å². The lowest BCUT2D eigenvalue weighted by Crippen LogP contribution is -2.39. The van der Waals surface area contributed by atoms with Crippen LogP contribution >= 0.6 is 11.6 Å². The summed E-state index contributed by atoms with van der Waals surface area (Å²) in [5.74, 6) is -0.139. The Morgan fingerprint density at radius 2 is 1.61 bits per heavy atom. The maximum atomic E-state index is 13.0. The highest BCUT2D eigenvalue weighted by molar-refractivity contribution is 7.90. The Balaban J connectivity index is 1.82. The second-order valence-electron chi connectivity index (χ2n) is 6.41. The fourth-order valence-electron chi connectivity index (χ4n) is 3.22. The van der Waals surface area contributed by atoms with Crippen LogP contribution in [-0.4, -0.2) is 51.1 Å². The quantitative estimate of drug-likeness (QED) is 0.768. The number of halogens is 1. The standard InChI is InChI=1S/C20H17ClN2O4S/c21-14-5-7-15(8-6-14)28(25,26)22-18-13-19(23-9-11-27-12-10-23)20(24)17-4-2-1-3-16(17)18/h1-8,13H,9-12H2. The van der Waals surface area contributed by atoms with Crippen LogP contribution in [0.25, 0.3) is 0 Å². The maximum absolute atomic E-state index is 13.0. The van der Waals surface area contributed by atoms with E-state index in [1.165, 1.54) is 24.3 Å². The van der Waals surface area contributed by atoms with Crippen LogP contribution in [0.5, 0.6) is 0 Å². The van der Waals surface area contributed by atoms with Crippen LogP contribution < -0.4 is 0 Å². The van der Waals surface area contributed by atoms with E-state index in [-0.39, 0.29) is 16.4 Å². The summed E-state index contributed by atoms with van der Waals surface area (Å²) in [6, 6.07) is 12.7. The third-order valence-corrected chi connectivity index (χ3v) is 6.19. The molecule has 144 valence electrons. The van der Waals surface area contributed by atoms with Crippen molar-refractivity contribution in [1.29, 1.82) is 0 Å². The topological polar surface area (TPSA) is 76.0 Å². The van der Waals surface area contributed by atoms with Crippen molar-refractivity contribution in [3.63, 3.8) is 0 Å². The summed E-state index contributed by atoms with van der Waals surface area (Å²) >= 11 is 5.85. The minimum absolute atomic E-state index is 0.0418. The van der Waals surface area contributed by atoms with Crippen molar-refractivity contribution < 1.29 is 17.9 Å². The molecule has 0 spiro atoms. The largest absolute Gasteiger partial charge is 0.378 e. The zero-order valence-corrected chi connectivity index (χ0v) is 16.4. The number of hydrogen-bond acceptors (Lipinski definition) is 5. The molecule has 0 radical (unpaired) electrons. The number of morpholine rings is 1. The van der Waals surface area contributed by atoms with Crippen molar-refractivity contribution >= 4 is 33.1 Å². The van der Waals surface area contributed by atoms with Gasteiger partial charge in [0.25, 0.3) is 10.0 Å². The van der Waals surface area contributed by atoms with Gasteiger partial charge in [-0.1, -0.05) is 35.9 Å². The Morgan fingerprint density at radius 1 is 0.964 bits per heavy atom. The first kappa shape index (κ1) is 18.9. The van der Waals surface area contributed by atoms with E-state index < -0.39 is 10.0 Å². The first-order chi connectivity index (χ1) is 13.5. The van der Waals surface area contributed by atoms with Gasteiger partial charge in [-0.25, -0.2) is 0 Å². The Bertz CT molecular complexity index is 1090. The first-order valence-corrected chi connectivity index (χ1v) is 10.6. The van der Waals surface area contributed by atoms with Crippen molar-refractivity contribution in [2.45, 2.75) is 4.90 Å². The van der Waals surface area contributed by atoms with Gasteiger partial charge in [0.2, 0.25) is 5.78 Å². The van der Waals surface area contributed by atoms with Crippen LogP contribution in [0.3, 0.4) is 0 Å². The number of rotatable bonds is 3. The van der Waals surface area contributed by atoms with Gasteiger partial charge >= 0.3 is 0 Å². The Morgan fingerprint density at radius 3 is 2.29 bits per heavy atom. The van der Waals surface area contributed by atoms with Gasteiger partial charge in [0.1, 0.15) is 0 Å². The van der Waals surface area contributed by atoms with E-state index in [1.54, 1.807) is 30.3 Å². The number of benzene rings is 2. The van der Waals surface area contributed by atoms with Crippen LogP contribution in [0.1, 0.15) is 15.9 Å². The lowest BCUT2D eigenvalue weighted by molar-refractivity contribution is 0.0507. The number of carbonyl (C=O) groups excluding carboxylic acids is 1. The predicted molar refractivity (Wildman–Crippen MR) is 106 cm³/mol. The predicted octanol–water partition coefficient (Wildman–Crippen LogP) is 2.93. The molecule has 2 aromatic carbocycles. The number of ketones is 1. The number of fused-ring (bicyclic) bond motifs is 1. The van der Waals surface area contributed by atoms with Crippen LogP contribution in [0.15, 0.2) is 69.6 Å². The van der Waals surface area contributed by atoms with Gasteiger partial charge in [-0.3, -0.25) is 4.79 Å². The lowest BCUT2D eigenvalue weighted by Gasteiger charge is -2.32. The second kappa shape index (κ2) is 7.50. The highest BCUT2D eigenvalue weighted by Crippen LogP contribution is 2.26. The number of hydrogen-bond donors (Lipinski definition) is 0. The number of allylic oxidation sites excluding steroid dienone is 2. The molecule has 0 saturated carbocycles. The molecule has 0 bridgehead atoms. The summed E-state index contributed by atoms with van der Waals surface area (Å²) in [5, 5.41) is 0.440. The molecule has 1 aliphatic heterocycles. The van der Waals surface area contributed by atoms with E-state index >= 15 is 0 Å². The van der Waals surface area contributed by atoms with Gasteiger partial charge in [0.15, 0.2) is 0 Å². The molecule has 2 aliphatic rings. The van der Waals surface area contributed by atoms with Crippen molar-refractivity contribution in [3.8, 4) is 0 Å². The molecule has 6 nitrogen and oxygen atoms in total. The highest BCUT2D eigenvalue weighted by atomic mass is 35.5. The molecule has 0 atom stereocenters. The van der Waals surface area contributed by atoms with Crippen molar-refractivity contribution in [2.24, 2.45) is 4.40 Å². The molecule has 1 fully saturated rings. The maximum Gasteiger partial charge on any atom is 0.282 e. The molecule has 4 rings (SSSR count). The lowest BCUT2D eigenvalue weighted by atomic mass is 9.91. The molecular weight excluding hydrogens is 400 g/mol. The van der Waals surface area contributed by atoms with Gasteiger partial charge in [0, 0.05) is 29.2 Å².